The second-order valence-corrected chi connectivity index (χ2v) is 7.58. The zero-order valence-corrected chi connectivity index (χ0v) is 16.9. The van der Waals surface area contributed by atoms with Crippen molar-refractivity contribution in [2.45, 2.75) is 13.3 Å². The highest BCUT2D eigenvalue weighted by atomic mass is 32.2. The molecule has 7 nitrogen and oxygen atoms in total. The first-order valence-electron chi connectivity index (χ1n) is 9.07. The van der Waals surface area contributed by atoms with Crippen molar-refractivity contribution in [3.05, 3.63) is 74.7 Å². The van der Waals surface area contributed by atoms with Gasteiger partial charge in [0.05, 0.1) is 22.5 Å². The van der Waals surface area contributed by atoms with Crippen molar-refractivity contribution >= 4 is 34.8 Å². The highest BCUT2D eigenvalue weighted by Gasteiger charge is 2.38. The van der Waals surface area contributed by atoms with Crippen LogP contribution in [0.25, 0.3) is 5.57 Å². The van der Waals surface area contributed by atoms with Crippen LogP contribution in [0.5, 0.6) is 5.75 Å². The van der Waals surface area contributed by atoms with Gasteiger partial charge in [0, 0.05) is 18.7 Å². The first-order chi connectivity index (χ1) is 14.0. The van der Waals surface area contributed by atoms with Gasteiger partial charge in [0.1, 0.15) is 5.75 Å². The number of hydrogen-bond donors (Lipinski definition) is 0. The number of nitro benzene ring substituents is 1. The largest absolute Gasteiger partial charge is 0.497 e. The molecule has 29 heavy (non-hydrogen) atoms. The third-order valence-corrected chi connectivity index (χ3v) is 5.52. The molecule has 0 aliphatic carbocycles. The van der Waals surface area contributed by atoms with Crippen LogP contribution < -0.4 is 4.74 Å². The molecule has 1 aliphatic rings. The summed E-state index contributed by atoms with van der Waals surface area (Å²) in [6.07, 6.45) is 0.527. The molecule has 2 amide bonds. The minimum absolute atomic E-state index is 0.0628. The van der Waals surface area contributed by atoms with Crippen LogP contribution in [0.3, 0.4) is 0 Å². The minimum Gasteiger partial charge on any atom is -0.497 e. The van der Waals surface area contributed by atoms with Crippen LogP contribution >= 0.6 is 11.8 Å². The number of thioether (sulfide) groups is 1. The van der Waals surface area contributed by atoms with Crippen molar-refractivity contribution in [2.75, 3.05) is 19.4 Å². The van der Waals surface area contributed by atoms with Crippen LogP contribution in [0.2, 0.25) is 0 Å². The van der Waals surface area contributed by atoms with Gasteiger partial charge in [-0.25, -0.2) is 0 Å². The zero-order valence-electron chi connectivity index (χ0n) is 16.1. The lowest BCUT2D eigenvalue weighted by molar-refractivity contribution is -0.384. The van der Waals surface area contributed by atoms with E-state index in [1.807, 2.05) is 31.2 Å². The number of carbonyl (C=O) groups excluding carboxylic acids is 2. The molecule has 2 aromatic carbocycles. The third-order valence-electron chi connectivity index (χ3n) is 4.56. The number of non-ortho nitro benzene ring substituents is 1. The van der Waals surface area contributed by atoms with E-state index >= 15 is 0 Å². The summed E-state index contributed by atoms with van der Waals surface area (Å²) in [5.74, 6) is 0.694. The molecule has 0 N–H and O–H groups in total. The summed E-state index contributed by atoms with van der Waals surface area (Å²) in [4.78, 5) is 37.9. The smallest absolute Gasteiger partial charge is 0.269 e. The number of hydrogen-bond acceptors (Lipinski definition) is 6. The Kier molecular flexibility index (Phi) is 6.33. The molecule has 1 aliphatic heterocycles. The fraction of sp³-hybridized carbons (Fsp3) is 0.238. The predicted octanol–water partition coefficient (Wildman–Crippen LogP) is 3.68. The molecule has 2 aromatic rings. The molecule has 150 valence electrons. The second-order valence-electron chi connectivity index (χ2n) is 6.30. The Hall–Kier alpha value is -3.13. The lowest BCUT2D eigenvalue weighted by Gasteiger charge is -2.15. The lowest BCUT2D eigenvalue weighted by Crippen LogP contribution is -2.33. The Balaban J connectivity index is 1.82. The number of carbonyl (C=O) groups is 2. The molecule has 0 saturated carbocycles. The van der Waals surface area contributed by atoms with Gasteiger partial charge in [0.15, 0.2) is 0 Å². The van der Waals surface area contributed by atoms with Gasteiger partial charge in [-0.2, -0.15) is 0 Å². The summed E-state index contributed by atoms with van der Waals surface area (Å²) in [5.41, 5.74) is 1.75. The monoisotopic (exact) mass is 412 g/mol. The van der Waals surface area contributed by atoms with E-state index in [1.165, 1.54) is 40.9 Å². The number of nitrogens with zero attached hydrogens (tertiary/aromatic N) is 2. The van der Waals surface area contributed by atoms with Gasteiger partial charge in [0.2, 0.25) is 0 Å². The number of nitro groups is 1. The molecule has 0 bridgehead atoms. The maximum Gasteiger partial charge on any atom is 0.269 e. The van der Waals surface area contributed by atoms with Gasteiger partial charge >= 0.3 is 0 Å². The van der Waals surface area contributed by atoms with Gasteiger partial charge in [-0.3, -0.25) is 24.6 Å². The van der Waals surface area contributed by atoms with E-state index < -0.39 is 4.92 Å². The highest BCUT2D eigenvalue weighted by Crippen LogP contribution is 2.36. The minimum atomic E-state index is -0.497. The standard InChI is InChI=1S/C21H20N2O5S/c1-3-29-19-18(15-6-8-16(9-7-15)23(26)27)20(24)22(21(19)25)13-12-14-4-10-17(28-2)11-5-14/h4-11H,3,12-13H2,1-2H3. The topological polar surface area (TPSA) is 89.8 Å². The van der Waals surface area contributed by atoms with E-state index in [9.17, 15) is 19.7 Å². The van der Waals surface area contributed by atoms with Crippen molar-refractivity contribution in [1.82, 2.24) is 4.90 Å². The Morgan fingerprint density at radius 3 is 2.24 bits per heavy atom. The Labute approximate surface area is 172 Å². The van der Waals surface area contributed by atoms with E-state index in [2.05, 4.69) is 0 Å². The summed E-state index contributed by atoms with van der Waals surface area (Å²) < 4.78 is 5.14. The van der Waals surface area contributed by atoms with Crippen molar-refractivity contribution < 1.29 is 19.2 Å². The van der Waals surface area contributed by atoms with Crippen LogP contribution in [-0.2, 0) is 16.0 Å². The molecular formula is C21H20N2O5S. The van der Waals surface area contributed by atoms with Crippen LogP contribution in [-0.4, -0.2) is 41.0 Å². The average Bonchev–Trinajstić information content (AvgIpc) is 2.96. The van der Waals surface area contributed by atoms with Crippen LogP contribution in [0.4, 0.5) is 5.69 Å². The number of methoxy groups -OCH3 is 1. The number of amides is 2. The fourth-order valence-electron chi connectivity index (χ4n) is 3.07. The molecule has 0 spiro atoms. The first kappa shape index (κ1) is 20.6. The predicted molar refractivity (Wildman–Crippen MR) is 112 cm³/mol. The van der Waals surface area contributed by atoms with Crippen molar-refractivity contribution in [2.24, 2.45) is 0 Å². The highest BCUT2D eigenvalue weighted by molar-refractivity contribution is 8.04. The maximum absolute atomic E-state index is 13.0. The Bertz CT molecular complexity index is 968. The number of benzene rings is 2. The molecule has 0 atom stereocenters. The molecule has 3 rings (SSSR count). The van der Waals surface area contributed by atoms with E-state index in [0.717, 1.165) is 11.3 Å². The average molecular weight is 412 g/mol. The van der Waals surface area contributed by atoms with Crippen molar-refractivity contribution in [1.29, 1.82) is 0 Å². The molecule has 0 radical (unpaired) electrons. The third kappa shape index (κ3) is 4.32. The van der Waals surface area contributed by atoms with Crippen molar-refractivity contribution in [3.63, 3.8) is 0 Å². The molecule has 8 heteroatoms. The van der Waals surface area contributed by atoms with Gasteiger partial charge in [-0.15, -0.1) is 11.8 Å². The first-order valence-corrected chi connectivity index (χ1v) is 10.1. The normalized spacial score (nSPS) is 13.9. The van der Waals surface area contributed by atoms with Gasteiger partial charge in [0.25, 0.3) is 17.5 Å². The molecule has 0 saturated heterocycles. The van der Waals surface area contributed by atoms with Gasteiger partial charge in [-0.1, -0.05) is 19.1 Å². The second kappa shape index (κ2) is 8.91. The van der Waals surface area contributed by atoms with Crippen LogP contribution in [0, 0.1) is 10.1 Å². The fourth-order valence-corrected chi connectivity index (χ4v) is 3.94. The molecule has 0 unspecified atom stereocenters. The SMILES string of the molecule is CCSC1=C(c2ccc([N+](=O)[O-])cc2)C(=O)N(CCc2ccc(OC)cc2)C1=O. The maximum atomic E-state index is 13.0. The summed E-state index contributed by atoms with van der Waals surface area (Å²) >= 11 is 1.31. The van der Waals surface area contributed by atoms with Gasteiger partial charge in [-0.05, 0) is 47.6 Å². The number of rotatable bonds is 8. The molecular weight excluding hydrogens is 392 g/mol. The zero-order chi connectivity index (χ0) is 21.0. The van der Waals surface area contributed by atoms with Gasteiger partial charge < -0.3 is 4.74 Å². The van der Waals surface area contributed by atoms with Crippen molar-refractivity contribution in [3.8, 4) is 5.75 Å². The summed E-state index contributed by atoms with van der Waals surface area (Å²) in [6.45, 7) is 2.16. The lowest BCUT2D eigenvalue weighted by atomic mass is 10.1. The number of ether oxygens (including phenoxy) is 1. The molecule has 1 heterocycles. The molecule has 0 fully saturated rings. The summed E-state index contributed by atoms with van der Waals surface area (Å²) in [7, 11) is 1.59. The number of imide groups is 1. The van der Waals surface area contributed by atoms with E-state index in [0.29, 0.717) is 28.2 Å². The Morgan fingerprint density at radius 1 is 1.03 bits per heavy atom. The van der Waals surface area contributed by atoms with Crippen LogP contribution in [0.15, 0.2) is 53.4 Å². The summed E-state index contributed by atoms with van der Waals surface area (Å²) in [6, 6.07) is 13.2. The van der Waals surface area contributed by atoms with E-state index in [4.69, 9.17) is 4.74 Å². The molecule has 0 aromatic heterocycles. The quantitative estimate of drug-likeness (QED) is 0.373. The van der Waals surface area contributed by atoms with E-state index in [1.54, 1.807) is 7.11 Å². The summed E-state index contributed by atoms with van der Waals surface area (Å²) in [5, 5.41) is 10.9. The van der Waals surface area contributed by atoms with Crippen LogP contribution in [0.1, 0.15) is 18.1 Å². The van der Waals surface area contributed by atoms with E-state index in [-0.39, 0.29) is 24.0 Å². The Morgan fingerprint density at radius 2 is 1.69 bits per heavy atom.